The molecule has 2 aromatic carbocycles. The van der Waals surface area contributed by atoms with Gasteiger partial charge in [0.2, 0.25) is 0 Å². The summed E-state index contributed by atoms with van der Waals surface area (Å²) in [6.45, 7) is 1.68. The van der Waals surface area contributed by atoms with Crippen LogP contribution in [-0.4, -0.2) is 62.2 Å². The molecule has 9 nitrogen and oxygen atoms in total. The molecule has 2 heterocycles. The highest BCUT2D eigenvalue weighted by Gasteiger charge is 2.13. The van der Waals surface area contributed by atoms with E-state index in [9.17, 15) is 10.1 Å². The molecule has 0 aliphatic carbocycles. The fourth-order valence-corrected chi connectivity index (χ4v) is 3.96. The second-order valence-electron chi connectivity index (χ2n) is 9.08. The second kappa shape index (κ2) is 12.6. The lowest BCUT2D eigenvalue weighted by Gasteiger charge is -2.11. The van der Waals surface area contributed by atoms with Crippen LogP contribution in [0.15, 0.2) is 66.5 Å². The molecule has 200 valence electrons. The van der Waals surface area contributed by atoms with Crippen LogP contribution in [0.2, 0.25) is 0 Å². The Labute approximate surface area is 227 Å². The van der Waals surface area contributed by atoms with Gasteiger partial charge >= 0.3 is 0 Å². The molecule has 0 bridgehead atoms. The predicted octanol–water partition coefficient (Wildman–Crippen LogP) is 4.41. The van der Waals surface area contributed by atoms with Gasteiger partial charge in [-0.3, -0.25) is 4.79 Å². The molecule has 0 aliphatic rings. The maximum Gasteiger partial charge on any atom is 0.262 e. The van der Waals surface area contributed by atoms with Crippen LogP contribution in [-0.2, 0) is 11.3 Å². The number of rotatable bonds is 11. The van der Waals surface area contributed by atoms with Crippen LogP contribution in [0, 0.1) is 11.3 Å². The Morgan fingerprint density at radius 2 is 1.85 bits per heavy atom. The summed E-state index contributed by atoms with van der Waals surface area (Å²) in [5, 5.41) is 13.3. The van der Waals surface area contributed by atoms with Gasteiger partial charge in [0.25, 0.3) is 5.91 Å². The van der Waals surface area contributed by atoms with Crippen molar-refractivity contribution in [2.45, 2.75) is 6.54 Å². The van der Waals surface area contributed by atoms with E-state index in [0.717, 1.165) is 34.4 Å². The molecule has 0 unspecified atom stereocenters. The SMILES string of the molecule is COc1ccc(CNC(=O)/C(C#N)=C/c2c[nH]c3ncc(-c4ccc(OCCN(C)C)cc4)cc23)cc1OC. The van der Waals surface area contributed by atoms with Crippen LogP contribution in [0.3, 0.4) is 0 Å². The monoisotopic (exact) mass is 525 g/mol. The molecule has 0 fully saturated rings. The van der Waals surface area contributed by atoms with Gasteiger partial charge in [-0.1, -0.05) is 18.2 Å². The predicted molar refractivity (Wildman–Crippen MR) is 151 cm³/mol. The van der Waals surface area contributed by atoms with Gasteiger partial charge in [0, 0.05) is 42.0 Å². The Morgan fingerprint density at radius 1 is 1.08 bits per heavy atom. The minimum Gasteiger partial charge on any atom is -0.493 e. The summed E-state index contributed by atoms with van der Waals surface area (Å²) in [5.74, 6) is 1.49. The maximum absolute atomic E-state index is 12.8. The van der Waals surface area contributed by atoms with Gasteiger partial charge in [0.05, 0.1) is 14.2 Å². The Bertz CT molecular complexity index is 1520. The molecule has 0 atom stereocenters. The lowest BCUT2D eigenvalue weighted by Crippen LogP contribution is -2.24. The number of ether oxygens (including phenoxy) is 3. The van der Waals surface area contributed by atoms with E-state index in [1.165, 1.54) is 0 Å². The smallest absolute Gasteiger partial charge is 0.262 e. The molecule has 0 spiro atoms. The first-order chi connectivity index (χ1) is 18.9. The van der Waals surface area contributed by atoms with E-state index in [-0.39, 0.29) is 12.1 Å². The third-order valence-corrected chi connectivity index (χ3v) is 6.12. The highest BCUT2D eigenvalue weighted by molar-refractivity contribution is 6.04. The number of fused-ring (bicyclic) bond motifs is 1. The molecule has 0 radical (unpaired) electrons. The first-order valence-corrected chi connectivity index (χ1v) is 12.4. The van der Waals surface area contributed by atoms with Crippen molar-refractivity contribution in [3.8, 4) is 34.4 Å². The number of benzene rings is 2. The van der Waals surface area contributed by atoms with Crippen molar-refractivity contribution >= 4 is 23.0 Å². The summed E-state index contributed by atoms with van der Waals surface area (Å²) >= 11 is 0. The van der Waals surface area contributed by atoms with Crippen LogP contribution in [0.25, 0.3) is 28.2 Å². The van der Waals surface area contributed by atoms with Crippen molar-refractivity contribution in [3.05, 3.63) is 77.6 Å². The second-order valence-corrected chi connectivity index (χ2v) is 9.08. The Kier molecular flexibility index (Phi) is 8.82. The van der Waals surface area contributed by atoms with Gasteiger partial charge < -0.3 is 29.4 Å². The lowest BCUT2D eigenvalue weighted by molar-refractivity contribution is -0.117. The van der Waals surface area contributed by atoms with Gasteiger partial charge in [-0.15, -0.1) is 0 Å². The van der Waals surface area contributed by atoms with Crippen LogP contribution in [0.4, 0.5) is 0 Å². The molecule has 9 heteroatoms. The minimum absolute atomic E-state index is 0.0130. The average molecular weight is 526 g/mol. The third kappa shape index (κ3) is 6.74. The number of nitrogens with zero attached hydrogens (tertiary/aromatic N) is 3. The number of nitriles is 1. The third-order valence-electron chi connectivity index (χ3n) is 6.12. The van der Waals surface area contributed by atoms with Crippen molar-refractivity contribution in [2.75, 3.05) is 41.5 Å². The maximum atomic E-state index is 12.8. The first kappa shape index (κ1) is 27.2. The number of carbonyl (C=O) groups is 1. The zero-order valence-electron chi connectivity index (χ0n) is 22.4. The van der Waals surface area contributed by atoms with Crippen molar-refractivity contribution in [1.29, 1.82) is 5.26 Å². The Morgan fingerprint density at radius 3 is 2.54 bits per heavy atom. The molecule has 0 aliphatic heterocycles. The average Bonchev–Trinajstić information content (AvgIpc) is 3.36. The molecule has 2 aromatic heterocycles. The highest BCUT2D eigenvalue weighted by atomic mass is 16.5. The lowest BCUT2D eigenvalue weighted by atomic mass is 10.0. The highest BCUT2D eigenvalue weighted by Crippen LogP contribution is 2.29. The van der Waals surface area contributed by atoms with E-state index in [1.54, 1.807) is 44.8 Å². The number of hydrogen-bond acceptors (Lipinski definition) is 7. The number of amides is 1. The molecule has 1 amide bonds. The van der Waals surface area contributed by atoms with Crippen LogP contribution >= 0.6 is 0 Å². The molecule has 4 rings (SSSR count). The van der Waals surface area contributed by atoms with Crippen molar-refractivity contribution in [2.24, 2.45) is 0 Å². The molecular weight excluding hydrogens is 494 g/mol. The summed E-state index contributed by atoms with van der Waals surface area (Å²) in [6.07, 6.45) is 5.09. The zero-order chi connectivity index (χ0) is 27.8. The normalized spacial score (nSPS) is 11.3. The molecule has 0 saturated heterocycles. The van der Waals surface area contributed by atoms with Crippen molar-refractivity contribution < 1.29 is 19.0 Å². The fraction of sp³-hybridized carbons (Fsp3) is 0.233. The van der Waals surface area contributed by atoms with E-state index in [1.807, 2.05) is 56.6 Å². The number of methoxy groups -OCH3 is 2. The van der Waals surface area contributed by atoms with Gasteiger partial charge in [0.1, 0.15) is 29.6 Å². The summed E-state index contributed by atoms with van der Waals surface area (Å²) in [4.78, 5) is 22.5. The first-order valence-electron chi connectivity index (χ1n) is 12.4. The van der Waals surface area contributed by atoms with Gasteiger partial charge in [-0.2, -0.15) is 5.26 Å². The fourth-order valence-electron chi connectivity index (χ4n) is 3.96. The number of aromatic nitrogens is 2. The van der Waals surface area contributed by atoms with E-state index < -0.39 is 5.91 Å². The molecule has 39 heavy (non-hydrogen) atoms. The van der Waals surface area contributed by atoms with Gasteiger partial charge in [-0.05, 0) is 61.6 Å². The molecule has 2 N–H and O–H groups in total. The quantitative estimate of drug-likeness (QED) is 0.220. The van der Waals surface area contributed by atoms with Crippen LogP contribution in [0.1, 0.15) is 11.1 Å². The Balaban J connectivity index is 1.50. The standard InChI is InChI=1S/C30H31N5O4/c1-35(2)11-12-39-25-8-6-21(7-9-25)23-15-26-24(19-33-29(26)32-18-23)14-22(16-31)30(36)34-17-20-5-10-27(37-3)28(13-20)38-4/h5-10,13-15,18-19H,11-12,17H2,1-4H3,(H,32,33)(H,34,36)/b22-14+. The van der Waals surface area contributed by atoms with E-state index in [0.29, 0.717) is 29.3 Å². The van der Waals surface area contributed by atoms with E-state index in [4.69, 9.17) is 14.2 Å². The number of likely N-dealkylation sites (N-methyl/N-ethyl adjacent to an activating group) is 1. The van der Waals surface area contributed by atoms with E-state index in [2.05, 4.69) is 20.2 Å². The Hall–Kier alpha value is -4.81. The number of carbonyl (C=O) groups excluding carboxylic acids is 1. The van der Waals surface area contributed by atoms with Crippen molar-refractivity contribution in [1.82, 2.24) is 20.2 Å². The number of hydrogen-bond donors (Lipinski definition) is 2. The van der Waals surface area contributed by atoms with Gasteiger partial charge in [-0.25, -0.2) is 4.98 Å². The molecular formula is C30H31N5O4. The summed E-state index contributed by atoms with van der Waals surface area (Å²) < 4.78 is 16.3. The summed E-state index contributed by atoms with van der Waals surface area (Å²) in [7, 11) is 7.12. The van der Waals surface area contributed by atoms with Crippen LogP contribution in [0.5, 0.6) is 17.2 Å². The summed E-state index contributed by atoms with van der Waals surface area (Å²) in [6, 6.07) is 17.2. The number of H-pyrrole nitrogens is 1. The largest absolute Gasteiger partial charge is 0.493 e. The van der Waals surface area contributed by atoms with E-state index >= 15 is 0 Å². The number of pyridine rings is 1. The number of nitrogens with one attached hydrogen (secondary N) is 2. The topological polar surface area (TPSA) is 112 Å². The number of aromatic amines is 1. The molecule has 4 aromatic rings. The summed E-state index contributed by atoms with van der Waals surface area (Å²) in [5.41, 5.74) is 4.05. The van der Waals surface area contributed by atoms with Crippen LogP contribution < -0.4 is 19.5 Å². The zero-order valence-corrected chi connectivity index (χ0v) is 22.4. The molecule has 0 saturated carbocycles. The van der Waals surface area contributed by atoms with Crippen molar-refractivity contribution in [3.63, 3.8) is 0 Å². The minimum atomic E-state index is -0.476. The van der Waals surface area contributed by atoms with Gasteiger partial charge in [0.15, 0.2) is 11.5 Å².